The third kappa shape index (κ3) is 4.23. The summed E-state index contributed by atoms with van der Waals surface area (Å²) in [6, 6.07) is -1.09. The van der Waals surface area contributed by atoms with E-state index in [0.717, 1.165) is 43.6 Å². The Bertz CT molecular complexity index is 833. The number of carbonyl (C=O) groups is 3. The topological polar surface area (TPSA) is 105 Å². The normalized spacial score (nSPS) is 25.1. The summed E-state index contributed by atoms with van der Waals surface area (Å²) in [7, 11) is 0. The molecule has 3 aliphatic rings. The van der Waals surface area contributed by atoms with Crippen molar-refractivity contribution in [1.82, 2.24) is 20.7 Å². The van der Waals surface area contributed by atoms with Gasteiger partial charge in [0.1, 0.15) is 11.8 Å². The van der Waals surface area contributed by atoms with E-state index in [4.69, 9.17) is 4.52 Å². The number of fused-ring (bicyclic) bond motifs is 1. The molecule has 0 saturated carbocycles. The number of likely N-dealkylation sites (tertiary alicyclic amines) is 1. The zero-order chi connectivity index (χ0) is 21.5. The highest BCUT2D eigenvalue weighted by Gasteiger charge is 2.36. The summed E-state index contributed by atoms with van der Waals surface area (Å²) in [6.07, 6.45) is 5.51. The summed E-state index contributed by atoms with van der Waals surface area (Å²) in [5.41, 5.74) is 2.72. The molecule has 2 saturated heterocycles. The van der Waals surface area contributed by atoms with Gasteiger partial charge in [-0.25, -0.2) is 4.79 Å². The number of amides is 4. The summed E-state index contributed by atoms with van der Waals surface area (Å²) in [5.74, 6) is 1.67. The van der Waals surface area contributed by atoms with Gasteiger partial charge >= 0.3 is 6.03 Å². The summed E-state index contributed by atoms with van der Waals surface area (Å²) in [5, 5.41) is 9.10. The molecule has 1 aromatic rings. The lowest BCUT2D eigenvalue weighted by molar-refractivity contribution is -0.132. The van der Waals surface area contributed by atoms with Crippen molar-refractivity contribution in [3.8, 4) is 0 Å². The smallest absolute Gasteiger partial charge is 0.322 e. The van der Waals surface area contributed by atoms with Gasteiger partial charge in [-0.3, -0.25) is 14.9 Å². The molecule has 4 rings (SSSR count). The monoisotopic (exact) mass is 416 g/mol. The number of rotatable bonds is 4. The fourth-order valence-electron chi connectivity index (χ4n) is 4.97. The van der Waals surface area contributed by atoms with Gasteiger partial charge in [-0.15, -0.1) is 0 Å². The van der Waals surface area contributed by atoms with Gasteiger partial charge in [0.25, 0.3) is 5.91 Å². The summed E-state index contributed by atoms with van der Waals surface area (Å²) >= 11 is 0. The van der Waals surface area contributed by atoms with Crippen LogP contribution < -0.4 is 10.6 Å². The van der Waals surface area contributed by atoms with Crippen molar-refractivity contribution in [3.05, 3.63) is 17.0 Å². The van der Waals surface area contributed by atoms with E-state index in [1.54, 1.807) is 0 Å². The lowest BCUT2D eigenvalue weighted by atomic mass is 9.71. The van der Waals surface area contributed by atoms with Crippen LogP contribution in [0, 0.1) is 11.3 Å². The molecule has 30 heavy (non-hydrogen) atoms. The molecule has 0 aromatic carbocycles. The van der Waals surface area contributed by atoms with Crippen LogP contribution in [-0.2, 0) is 22.4 Å². The summed E-state index contributed by atoms with van der Waals surface area (Å²) in [4.78, 5) is 37.2. The molecule has 2 atom stereocenters. The van der Waals surface area contributed by atoms with E-state index in [1.165, 1.54) is 5.56 Å². The zero-order valence-corrected chi connectivity index (χ0v) is 18.1. The second-order valence-corrected chi connectivity index (χ2v) is 9.99. The van der Waals surface area contributed by atoms with E-state index in [0.29, 0.717) is 31.3 Å². The highest BCUT2D eigenvalue weighted by Crippen LogP contribution is 2.41. The molecule has 0 unspecified atom stereocenters. The molecule has 8 nitrogen and oxygen atoms in total. The lowest BCUT2D eigenvalue weighted by Gasteiger charge is -2.35. The average molecular weight is 417 g/mol. The number of urea groups is 1. The van der Waals surface area contributed by atoms with E-state index in [-0.39, 0.29) is 23.7 Å². The van der Waals surface area contributed by atoms with Crippen LogP contribution in [0.25, 0.3) is 0 Å². The predicted octanol–water partition coefficient (Wildman–Crippen LogP) is 2.52. The van der Waals surface area contributed by atoms with Crippen molar-refractivity contribution in [1.29, 1.82) is 0 Å². The standard InChI is InChI=1S/C22H32N4O4/c1-22(2,3)14-4-5-16-15(12-14)19(30-25-16)13-8-10-26(11-9-13)18(27)7-6-17-20(28)24-21(29)23-17/h13-14,17H,4-12H2,1-3H3,(H2,23,24,28,29)/t14-,17+/m1/s1. The molecule has 0 radical (unpaired) electrons. The molecule has 2 aliphatic heterocycles. The zero-order valence-electron chi connectivity index (χ0n) is 18.1. The Balaban J connectivity index is 1.31. The first-order chi connectivity index (χ1) is 14.2. The molecule has 164 valence electrons. The lowest BCUT2D eigenvalue weighted by Crippen LogP contribution is -2.39. The van der Waals surface area contributed by atoms with Crippen molar-refractivity contribution >= 4 is 17.8 Å². The molecule has 8 heteroatoms. The van der Waals surface area contributed by atoms with Gasteiger partial charge in [0.2, 0.25) is 5.91 Å². The maximum Gasteiger partial charge on any atom is 0.322 e. The number of hydrogen-bond donors (Lipinski definition) is 2. The van der Waals surface area contributed by atoms with Gasteiger partial charge in [0, 0.05) is 31.0 Å². The molecule has 0 bridgehead atoms. The number of hydrogen-bond acceptors (Lipinski definition) is 5. The molecule has 1 aromatic heterocycles. The van der Waals surface area contributed by atoms with Crippen molar-refractivity contribution in [3.63, 3.8) is 0 Å². The Labute approximate surface area is 177 Å². The van der Waals surface area contributed by atoms with E-state index in [2.05, 4.69) is 36.6 Å². The first-order valence-electron chi connectivity index (χ1n) is 11.1. The van der Waals surface area contributed by atoms with E-state index in [9.17, 15) is 14.4 Å². The van der Waals surface area contributed by atoms with Crippen LogP contribution in [-0.4, -0.2) is 47.0 Å². The van der Waals surface area contributed by atoms with Crippen LogP contribution in [0.2, 0.25) is 0 Å². The van der Waals surface area contributed by atoms with E-state index >= 15 is 0 Å². The van der Waals surface area contributed by atoms with Crippen LogP contribution >= 0.6 is 0 Å². The number of nitrogens with zero attached hydrogens (tertiary/aromatic N) is 2. The molecular weight excluding hydrogens is 384 g/mol. The van der Waals surface area contributed by atoms with E-state index in [1.807, 2.05) is 4.90 Å². The van der Waals surface area contributed by atoms with Crippen molar-refractivity contribution in [2.75, 3.05) is 13.1 Å². The molecule has 4 amide bonds. The fraction of sp³-hybridized carbons (Fsp3) is 0.727. The quantitative estimate of drug-likeness (QED) is 0.734. The van der Waals surface area contributed by atoms with Gasteiger partial charge in [0.15, 0.2) is 0 Å². The highest BCUT2D eigenvalue weighted by molar-refractivity contribution is 6.04. The second kappa shape index (κ2) is 8.04. The largest absolute Gasteiger partial charge is 0.361 e. The van der Waals surface area contributed by atoms with Gasteiger partial charge in [0.05, 0.1) is 5.69 Å². The van der Waals surface area contributed by atoms with Gasteiger partial charge in [-0.2, -0.15) is 0 Å². The Morgan fingerprint density at radius 3 is 2.57 bits per heavy atom. The molecule has 3 heterocycles. The number of nitrogens with one attached hydrogen (secondary N) is 2. The number of carbonyl (C=O) groups excluding carboxylic acids is 3. The van der Waals surface area contributed by atoms with Crippen molar-refractivity contribution in [2.45, 2.75) is 77.7 Å². The summed E-state index contributed by atoms with van der Waals surface area (Å²) < 4.78 is 5.81. The first-order valence-corrected chi connectivity index (χ1v) is 11.1. The van der Waals surface area contributed by atoms with Gasteiger partial charge < -0.3 is 14.7 Å². The van der Waals surface area contributed by atoms with Crippen molar-refractivity contribution in [2.24, 2.45) is 11.3 Å². The third-order valence-corrected chi connectivity index (χ3v) is 7.03. The number of imide groups is 1. The van der Waals surface area contributed by atoms with E-state index < -0.39 is 12.1 Å². The van der Waals surface area contributed by atoms with Gasteiger partial charge in [-0.05, 0) is 49.9 Å². The minimum atomic E-state index is -0.601. The SMILES string of the molecule is CC(C)(C)[C@@H]1CCc2noc(C3CCN(C(=O)CC[C@@H]4NC(=O)NC4=O)CC3)c2C1. The minimum absolute atomic E-state index is 0.0368. The highest BCUT2D eigenvalue weighted by atomic mass is 16.5. The number of aryl methyl sites for hydroxylation is 1. The molecule has 1 aliphatic carbocycles. The number of aromatic nitrogens is 1. The Morgan fingerprint density at radius 1 is 1.20 bits per heavy atom. The Hall–Kier alpha value is -2.38. The Morgan fingerprint density at radius 2 is 1.93 bits per heavy atom. The second-order valence-electron chi connectivity index (χ2n) is 9.99. The Kier molecular flexibility index (Phi) is 5.59. The predicted molar refractivity (Wildman–Crippen MR) is 110 cm³/mol. The molecule has 0 spiro atoms. The average Bonchev–Trinajstić information content (AvgIpc) is 3.27. The van der Waals surface area contributed by atoms with Crippen LogP contribution in [0.5, 0.6) is 0 Å². The summed E-state index contributed by atoms with van der Waals surface area (Å²) in [6.45, 7) is 8.29. The third-order valence-electron chi connectivity index (χ3n) is 7.03. The molecule has 2 fully saturated rings. The minimum Gasteiger partial charge on any atom is -0.361 e. The van der Waals surface area contributed by atoms with Crippen LogP contribution in [0.15, 0.2) is 4.52 Å². The van der Waals surface area contributed by atoms with Crippen LogP contribution in [0.4, 0.5) is 4.79 Å². The van der Waals surface area contributed by atoms with Gasteiger partial charge in [-0.1, -0.05) is 25.9 Å². The van der Waals surface area contributed by atoms with Crippen LogP contribution in [0.1, 0.15) is 75.8 Å². The maximum atomic E-state index is 12.6. The number of piperidine rings is 1. The maximum absolute atomic E-state index is 12.6. The molecule has 2 N–H and O–H groups in total. The molecular formula is C22H32N4O4. The van der Waals surface area contributed by atoms with Crippen LogP contribution in [0.3, 0.4) is 0 Å². The first kappa shape index (κ1) is 20.9. The van der Waals surface area contributed by atoms with Crippen molar-refractivity contribution < 1.29 is 18.9 Å². The fourth-order valence-corrected chi connectivity index (χ4v) is 4.97.